The first-order valence-corrected chi connectivity index (χ1v) is 7.36. The lowest BCUT2D eigenvalue weighted by molar-refractivity contribution is -0.136. The Morgan fingerprint density at radius 1 is 1.25 bits per heavy atom. The first-order chi connectivity index (χ1) is 9.08. The number of hydrogen-bond acceptors (Lipinski definition) is 3. The van der Waals surface area contributed by atoms with Crippen molar-refractivity contribution in [3.8, 4) is 0 Å². The van der Waals surface area contributed by atoms with Crippen LogP contribution in [0, 0.1) is 11.8 Å². The van der Waals surface area contributed by atoms with Gasteiger partial charge in [-0.1, -0.05) is 20.8 Å². The second-order valence-corrected chi connectivity index (χ2v) is 7.08. The van der Waals surface area contributed by atoms with E-state index in [1.165, 1.54) is 0 Å². The van der Waals surface area contributed by atoms with Gasteiger partial charge in [-0.05, 0) is 33.1 Å². The summed E-state index contributed by atoms with van der Waals surface area (Å²) in [4.78, 5) is 25.7. The highest BCUT2D eigenvalue weighted by Crippen LogP contribution is 2.19. The third kappa shape index (κ3) is 5.39. The van der Waals surface area contributed by atoms with Crippen LogP contribution in [-0.4, -0.2) is 41.6 Å². The third-order valence-corrected chi connectivity index (χ3v) is 3.19. The van der Waals surface area contributed by atoms with Crippen molar-refractivity contribution in [1.82, 2.24) is 10.2 Å². The predicted octanol–water partition coefficient (Wildman–Crippen LogP) is 2.40. The summed E-state index contributed by atoms with van der Waals surface area (Å²) in [5, 5.41) is 2.87. The number of carbonyl (C=O) groups excluding carboxylic acids is 2. The van der Waals surface area contributed by atoms with E-state index in [4.69, 9.17) is 4.74 Å². The fraction of sp³-hybridized carbons (Fsp3) is 0.867. The van der Waals surface area contributed by atoms with Gasteiger partial charge in [0.1, 0.15) is 5.60 Å². The number of amides is 2. The molecule has 1 saturated heterocycles. The first kappa shape index (κ1) is 16.8. The van der Waals surface area contributed by atoms with Crippen LogP contribution in [0.4, 0.5) is 4.79 Å². The van der Waals surface area contributed by atoms with Crippen LogP contribution in [0.5, 0.6) is 0 Å². The van der Waals surface area contributed by atoms with Crippen LogP contribution in [0.2, 0.25) is 0 Å². The molecule has 0 radical (unpaired) electrons. The Hall–Kier alpha value is -1.26. The van der Waals surface area contributed by atoms with E-state index in [1.54, 1.807) is 0 Å². The zero-order valence-electron chi connectivity index (χ0n) is 13.5. The summed E-state index contributed by atoms with van der Waals surface area (Å²) in [5.74, 6) is 0.515. The highest BCUT2D eigenvalue weighted by molar-refractivity contribution is 5.78. The molecule has 0 bridgehead atoms. The maximum atomic E-state index is 12.1. The molecule has 0 aliphatic carbocycles. The number of carbonyl (C=O) groups is 2. The molecule has 1 aliphatic rings. The molecular weight excluding hydrogens is 256 g/mol. The van der Waals surface area contributed by atoms with Gasteiger partial charge in [0.15, 0.2) is 0 Å². The van der Waals surface area contributed by atoms with Crippen molar-refractivity contribution in [2.24, 2.45) is 11.8 Å². The molecule has 1 rings (SSSR count). The van der Waals surface area contributed by atoms with Crippen molar-refractivity contribution in [2.75, 3.05) is 13.1 Å². The number of ether oxygens (including phenoxy) is 1. The fourth-order valence-electron chi connectivity index (χ4n) is 2.48. The largest absolute Gasteiger partial charge is 0.444 e. The zero-order chi connectivity index (χ0) is 15.5. The standard InChI is InChI=1S/C15H28N2O3/c1-10(2)13(18)17-8-11(3)7-12(9-17)16-14(19)20-15(4,5)6/h10-12H,7-9H2,1-6H3,(H,16,19). The molecule has 2 unspecified atom stereocenters. The van der Waals surface area contributed by atoms with Crippen molar-refractivity contribution < 1.29 is 14.3 Å². The molecule has 1 heterocycles. The summed E-state index contributed by atoms with van der Waals surface area (Å²) in [5.41, 5.74) is -0.502. The van der Waals surface area contributed by atoms with Crippen LogP contribution in [-0.2, 0) is 9.53 Å². The fourth-order valence-corrected chi connectivity index (χ4v) is 2.48. The minimum atomic E-state index is -0.502. The highest BCUT2D eigenvalue weighted by Gasteiger charge is 2.30. The molecule has 1 aliphatic heterocycles. The molecule has 1 N–H and O–H groups in total. The SMILES string of the molecule is CC1CC(NC(=O)OC(C)(C)C)CN(C(=O)C(C)C)C1. The Bertz CT molecular complexity index is 361. The second-order valence-electron chi connectivity index (χ2n) is 7.08. The van der Waals surface area contributed by atoms with E-state index in [9.17, 15) is 9.59 Å². The number of alkyl carbamates (subject to hydrolysis) is 1. The molecule has 2 amide bonds. The van der Waals surface area contributed by atoms with Crippen LogP contribution in [0.3, 0.4) is 0 Å². The number of nitrogens with zero attached hydrogens (tertiary/aromatic N) is 1. The highest BCUT2D eigenvalue weighted by atomic mass is 16.6. The van der Waals surface area contributed by atoms with E-state index in [0.717, 1.165) is 13.0 Å². The van der Waals surface area contributed by atoms with Gasteiger partial charge in [-0.25, -0.2) is 4.79 Å². The summed E-state index contributed by atoms with van der Waals surface area (Å²) >= 11 is 0. The molecule has 0 aromatic carbocycles. The normalized spacial score (nSPS) is 23.6. The van der Waals surface area contributed by atoms with Gasteiger partial charge in [0.25, 0.3) is 0 Å². The van der Waals surface area contributed by atoms with Gasteiger partial charge < -0.3 is 15.0 Å². The monoisotopic (exact) mass is 284 g/mol. The summed E-state index contributed by atoms with van der Waals surface area (Å²) in [6.45, 7) is 12.8. The molecule has 0 aromatic rings. The molecule has 5 heteroatoms. The van der Waals surface area contributed by atoms with Gasteiger partial charge in [0.2, 0.25) is 5.91 Å². The van der Waals surface area contributed by atoms with Crippen molar-refractivity contribution >= 4 is 12.0 Å². The lowest BCUT2D eigenvalue weighted by Crippen LogP contribution is -2.53. The van der Waals surface area contributed by atoms with E-state index < -0.39 is 11.7 Å². The molecule has 2 atom stereocenters. The molecule has 0 aromatic heterocycles. The second kappa shape index (κ2) is 6.46. The van der Waals surface area contributed by atoms with Crippen LogP contribution >= 0.6 is 0 Å². The van der Waals surface area contributed by atoms with Crippen LogP contribution in [0.15, 0.2) is 0 Å². The minimum absolute atomic E-state index is 0.0116. The van der Waals surface area contributed by atoms with Crippen LogP contribution in [0.1, 0.15) is 48.0 Å². The van der Waals surface area contributed by atoms with E-state index in [0.29, 0.717) is 12.5 Å². The predicted molar refractivity (Wildman–Crippen MR) is 78.4 cm³/mol. The van der Waals surface area contributed by atoms with Gasteiger partial charge in [0, 0.05) is 19.0 Å². The number of nitrogens with one attached hydrogen (secondary N) is 1. The van der Waals surface area contributed by atoms with Gasteiger partial charge in [-0.2, -0.15) is 0 Å². The first-order valence-electron chi connectivity index (χ1n) is 7.36. The molecular formula is C15H28N2O3. The average Bonchev–Trinajstić information content (AvgIpc) is 2.23. The number of rotatable bonds is 2. The van der Waals surface area contributed by atoms with Crippen molar-refractivity contribution in [3.63, 3.8) is 0 Å². The topological polar surface area (TPSA) is 58.6 Å². The van der Waals surface area contributed by atoms with Crippen LogP contribution < -0.4 is 5.32 Å². The number of piperidine rings is 1. The molecule has 5 nitrogen and oxygen atoms in total. The van der Waals surface area contributed by atoms with Crippen LogP contribution in [0.25, 0.3) is 0 Å². The number of hydrogen-bond donors (Lipinski definition) is 1. The van der Waals surface area contributed by atoms with Gasteiger partial charge >= 0.3 is 6.09 Å². The number of likely N-dealkylation sites (tertiary alicyclic amines) is 1. The van der Waals surface area contributed by atoms with Crippen molar-refractivity contribution in [2.45, 2.75) is 59.6 Å². The van der Waals surface area contributed by atoms with Crippen molar-refractivity contribution in [1.29, 1.82) is 0 Å². The van der Waals surface area contributed by atoms with E-state index in [-0.39, 0.29) is 17.9 Å². The zero-order valence-corrected chi connectivity index (χ0v) is 13.5. The van der Waals surface area contributed by atoms with Gasteiger partial charge in [-0.3, -0.25) is 4.79 Å². The lowest BCUT2D eigenvalue weighted by atomic mass is 9.95. The maximum Gasteiger partial charge on any atom is 0.407 e. The molecule has 1 fully saturated rings. The Labute approximate surface area is 122 Å². The third-order valence-electron chi connectivity index (χ3n) is 3.19. The summed E-state index contributed by atoms with van der Waals surface area (Å²) < 4.78 is 5.27. The quantitative estimate of drug-likeness (QED) is 0.847. The molecule has 116 valence electrons. The maximum absolute atomic E-state index is 12.1. The Kier molecular flexibility index (Phi) is 5.42. The Balaban J connectivity index is 2.58. The van der Waals surface area contributed by atoms with E-state index in [2.05, 4.69) is 12.2 Å². The lowest BCUT2D eigenvalue weighted by Gasteiger charge is -2.37. The van der Waals surface area contributed by atoms with E-state index >= 15 is 0 Å². The Morgan fingerprint density at radius 2 is 1.85 bits per heavy atom. The molecule has 0 saturated carbocycles. The van der Waals surface area contributed by atoms with Crippen molar-refractivity contribution in [3.05, 3.63) is 0 Å². The van der Waals surface area contributed by atoms with Gasteiger partial charge in [0.05, 0.1) is 6.04 Å². The average molecular weight is 284 g/mol. The smallest absolute Gasteiger partial charge is 0.407 e. The van der Waals surface area contributed by atoms with E-state index in [1.807, 2.05) is 39.5 Å². The summed E-state index contributed by atoms with van der Waals surface area (Å²) in [6, 6.07) is -0.0312. The summed E-state index contributed by atoms with van der Waals surface area (Å²) in [6.07, 6.45) is 0.467. The Morgan fingerprint density at radius 3 is 2.35 bits per heavy atom. The molecule has 0 spiro atoms. The minimum Gasteiger partial charge on any atom is -0.444 e. The van der Waals surface area contributed by atoms with Gasteiger partial charge in [-0.15, -0.1) is 0 Å². The summed E-state index contributed by atoms with van der Waals surface area (Å²) in [7, 11) is 0. The molecule has 20 heavy (non-hydrogen) atoms.